The fourth-order valence-electron chi connectivity index (χ4n) is 1.03. The predicted octanol–water partition coefficient (Wildman–Crippen LogP) is -0.285. The molecule has 0 fully saturated rings. The van der Waals surface area contributed by atoms with Crippen LogP contribution in [0, 0.1) is 0 Å². The minimum atomic E-state index is -5.03. The van der Waals surface area contributed by atoms with E-state index in [9.17, 15) is 9.13 Å². The zero-order valence-electron chi connectivity index (χ0n) is 8.33. The average molecular weight is 283 g/mol. The van der Waals surface area contributed by atoms with E-state index in [4.69, 9.17) is 25.3 Å². The summed E-state index contributed by atoms with van der Waals surface area (Å²) < 4.78 is 21.9. The number of rotatable bonds is 4. The molecule has 0 aromatic carbocycles. The van der Waals surface area contributed by atoms with Crippen molar-refractivity contribution < 1.29 is 28.7 Å². The van der Waals surface area contributed by atoms with E-state index in [0.717, 1.165) is 0 Å². The van der Waals surface area contributed by atoms with Gasteiger partial charge in [0.1, 0.15) is 11.6 Å². The van der Waals surface area contributed by atoms with Gasteiger partial charge in [-0.15, -0.1) is 0 Å². The van der Waals surface area contributed by atoms with E-state index in [1.807, 2.05) is 5.32 Å². The molecule has 0 amide bonds. The second-order valence-electron chi connectivity index (χ2n) is 3.14. The molecular weight excluding hydrogens is 272 g/mol. The molecule has 0 saturated carbocycles. The summed E-state index contributed by atoms with van der Waals surface area (Å²) in [7, 11) is -10.1. The van der Waals surface area contributed by atoms with Crippen molar-refractivity contribution in [1.82, 2.24) is 4.98 Å². The lowest BCUT2D eigenvalue weighted by atomic mass is 10.4. The molecule has 1 aromatic rings. The number of anilines is 2. The minimum absolute atomic E-state index is 0.0465. The van der Waals surface area contributed by atoms with Gasteiger partial charge >= 0.3 is 15.2 Å². The number of nitrogen functional groups attached to an aromatic ring is 1. The van der Waals surface area contributed by atoms with Gasteiger partial charge in [0.2, 0.25) is 5.52 Å². The molecule has 7 N–H and O–H groups in total. The molecule has 0 saturated heterocycles. The van der Waals surface area contributed by atoms with Crippen LogP contribution >= 0.6 is 15.2 Å². The van der Waals surface area contributed by atoms with Gasteiger partial charge in [0, 0.05) is 0 Å². The van der Waals surface area contributed by atoms with Crippen LogP contribution in [0.3, 0.4) is 0 Å². The number of nitrogens with two attached hydrogens (primary N) is 1. The zero-order chi connectivity index (χ0) is 13.3. The normalized spacial score (nSPS) is 12.8. The highest BCUT2D eigenvalue weighted by Gasteiger charge is 2.43. The average Bonchev–Trinajstić information content (AvgIpc) is 2.10. The maximum atomic E-state index is 10.9. The van der Waals surface area contributed by atoms with Crippen molar-refractivity contribution in [1.29, 1.82) is 0 Å². The summed E-state index contributed by atoms with van der Waals surface area (Å²) in [5, 5.41) is 1.98. The van der Waals surface area contributed by atoms with Crippen LogP contribution in [-0.4, -0.2) is 30.1 Å². The van der Waals surface area contributed by atoms with Crippen LogP contribution in [-0.2, 0) is 9.13 Å². The Morgan fingerprint density at radius 1 is 1.18 bits per heavy atom. The van der Waals surface area contributed by atoms with Gasteiger partial charge in [-0.2, -0.15) is 0 Å². The molecule has 0 spiro atoms. The van der Waals surface area contributed by atoms with E-state index < -0.39 is 20.7 Å². The third-order valence-corrected chi connectivity index (χ3v) is 5.02. The van der Waals surface area contributed by atoms with Crippen LogP contribution in [0.2, 0.25) is 0 Å². The lowest BCUT2D eigenvalue weighted by Crippen LogP contribution is -2.20. The summed E-state index contributed by atoms with van der Waals surface area (Å²) in [4.78, 5) is 39.0. The van der Waals surface area contributed by atoms with Crippen molar-refractivity contribution in [2.24, 2.45) is 0 Å². The lowest BCUT2D eigenvalue weighted by molar-refractivity contribution is 0.343. The number of pyridine rings is 1. The molecule has 0 aliphatic heterocycles. The van der Waals surface area contributed by atoms with Crippen molar-refractivity contribution in [2.75, 3.05) is 11.1 Å². The van der Waals surface area contributed by atoms with Gasteiger partial charge in [-0.1, -0.05) is 6.07 Å². The SMILES string of the molecule is Nc1cccc(NC(P(=O)(O)O)P(=O)(O)O)n1. The Balaban J connectivity index is 3.04. The van der Waals surface area contributed by atoms with Gasteiger partial charge in [-0.3, -0.25) is 9.13 Å². The number of aromatic nitrogens is 1. The van der Waals surface area contributed by atoms with Crippen LogP contribution in [0.1, 0.15) is 0 Å². The van der Waals surface area contributed by atoms with Crippen molar-refractivity contribution in [3.05, 3.63) is 18.2 Å². The van der Waals surface area contributed by atoms with Gasteiger partial charge in [-0.25, -0.2) is 4.98 Å². The minimum Gasteiger partial charge on any atom is -0.384 e. The summed E-state index contributed by atoms with van der Waals surface area (Å²) in [5.74, 6) is -0.0909. The molecule has 0 unspecified atom stereocenters. The summed E-state index contributed by atoms with van der Waals surface area (Å²) in [5.41, 5.74) is 2.97. The number of nitrogens with zero attached hydrogens (tertiary/aromatic N) is 1. The summed E-state index contributed by atoms with van der Waals surface area (Å²) in [6.07, 6.45) is 0. The Kier molecular flexibility index (Phi) is 3.93. The standard InChI is InChI=1S/C6H11N3O6P2/c7-4-2-1-3-5(8-4)9-6(16(10,11)12)17(13,14)15/h1-3,6H,(H3,7,8,9)(H2,10,11,12)(H2,13,14,15). The Morgan fingerprint density at radius 3 is 2.12 bits per heavy atom. The van der Waals surface area contributed by atoms with E-state index in [0.29, 0.717) is 0 Å². The van der Waals surface area contributed by atoms with Crippen LogP contribution in [0.15, 0.2) is 18.2 Å². The molecule has 1 rings (SSSR count). The molecule has 0 aliphatic carbocycles. The van der Waals surface area contributed by atoms with E-state index in [1.165, 1.54) is 18.2 Å². The molecule has 0 radical (unpaired) electrons. The molecule has 0 bridgehead atoms. The second-order valence-corrected chi connectivity index (χ2v) is 6.94. The maximum Gasteiger partial charge on any atom is 0.360 e. The van der Waals surface area contributed by atoms with Gasteiger partial charge in [-0.05, 0) is 12.1 Å². The lowest BCUT2D eigenvalue weighted by Gasteiger charge is -2.21. The fraction of sp³-hybridized carbons (Fsp3) is 0.167. The predicted molar refractivity (Wildman–Crippen MR) is 60.1 cm³/mol. The molecule has 0 atom stereocenters. The quantitative estimate of drug-likeness (QED) is 0.407. The molecule has 1 aromatic heterocycles. The third-order valence-electron chi connectivity index (χ3n) is 1.68. The van der Waals surface area contributed by atoms with Gasteiger partial charge in [0.25, 0.3) is 0 Å². The highest BCUT2D eigenvalue weighted by atomic mass is 31.2. The molecule has 11 heteroatoms. The van der Waals surface area contributed by atoms with E-state index >= 15 is 0 Å². The largest absolute Gasteiger partial charge is 0.384 e. The van der Waals surface area contributed by atoms with Crippen molar-refractivity contribution in [3.63, 3.8) is 0 Å². The smallest absolute Gasteiger partial charge is 0.360 e. The fourth-order valence-corrected chi connectivity index (χ4v) is 3.20. The van der Waals surface area contributed by atoms with Crippen molar-refractivity contribution in [3.8, 4) is 0 Å². The van der Waals surface area contributed by atoms with E-state index in [-0.39, 0.29) is 11.6 Å². The Bertz CT molecular complexity index is 474. The van der Waals surface area contributed by atoms with Crippen LogP contribution in [0.4, 0.5) is 11.6 Å². The Labute approximate surface area is 96.0 Å². The van der Waals surface area contributed by atoms with Crippen LogP contribution < -0.4 is 11.1 Å². The summed E-state index contributed by atoms with van der Waals surface area (Å²) in [6, 6.07) is 4.10. The summed E-state index contributed by atoms with van der Waals surface area (Å²) >= 11 is 0. The Morgan fingerprint density at radius 2 is 1.71 bits per heavy atom. The van der Waals surface area contributed by atoms with Gasteiger partial charge in [0.05, 0.1) is 0 Å². The molecule has 9 nitrogen and oxygen atoms in total. The molecular formula is C6H11N3O6P2. The number of hydrogen-bond acceptors (Lipinski definition) is 5. The first-order valence-electron chi connectivity index (χ1n) is 4.20. The van der Waals surface area contributed by atoms with E-state index in [1.54, 1.807) is 0 Å². The van der Waals surface area contributed by atoms with Crippen LogP contribution in [0.25, 0.3) is 0 Å². The third kappa shape index (κ3) is 4.08. The molecule has 1 heterocycles. The van der Waals surface area contributed by atoms with E-state index in [2.05, 4.69) is 4.98 Å². The number of nitrogens with one attached hydrogen (secondary N) is 1. The summed E-state index contributed by atoms with van der Waals surface area (Å²) in [6.45, 7) is 0. The monoisotopic (exact) mass is 283 g/mol. The number of hydrogen-bond donors (Lipinski definition) is 6. The van der Waals surface area contributed by atoms with Crippen molar-refractivity contribution in [2.45, 2.75) is 5.52 Å². The molecule has 17 heavy (non-hydrogen) atoms. The Hall–Kier alpha value is -0.950. The highest BCUT2D eigenvalue weighted by molar-refractivity contribution is 7.71. The zero-order valence-corrected chi connectivity index (χ0v) is 10.1. The van der Waals surface area contributed by atoms with Gasteiger partial charge < -0.3 is 30.6 Å². The first-order valence-corrected chi connectivity index (χ1v) is 7.56. The molecule has 96 valence electrons. The second kappa shape index (κ2) is 4.73. The van der Waals surface area contributed by atoms with Crippen molar-refractivity contribution >= 4 is 26.8 Å². The first-order chi connectivity index (χ1) is 7.60. The maximum absolute atomic E-state index is 10.9. The first kappa shape index (κ1) is 14.1. The van der Waals surface area contributed by atoms with Gasteiger partial charge in [0.15, 0.2) is 0 Å². The highest BCUT2D eigenvalue weighted by Crippen LogP contribution is 2.59. The van der Waals surface area contributed by atoms with Crippen LogP contribution in [0.5, 0.6) is 0 Å². The molecule has 0 aliphatic rings. The topological polar surface area (TPSA) is 166 Å².